The summed E-state index contributed by atoms with van der Waals surface area (Å²) in [5, 5.41) is 0.0513. The zero-order valence-corrected chi connectivity index (χ0v) is 16.6. The van der Waals surface area contributed by atoms with Crippen molar-refractivity contribution in [3.8, 4) is 0 Å². The Balaban J connectivity index is 1.75. The summed E-state index contributed by atoms with van der Waals surface area (Å²) >= 11 is 6.10. The fourth-order valence-electron chi connectivity index (χ4n) is 2.93. The van der Waals surface area contributed by atoms with E-state index in [0.29, 0.717) is 18.7 Å². The second-order valence-corrected chi connectivity index (χ2v) is 8.70. The van der Waals surface area contributed by atoms with Gasteiger partial charge in [0.15, 0.2) is 0 Å². The normalized spacial score (nSPS) is 15.0. The van der Waals surface area contributed by atoms with Crippen molar-refractivity contribution in [3.63, 3.8) is 0 Å². The molecule has 0 spiro atoms. The summed E-state index contributed by atoms with van der Waals surface area (Å²) in [5.74, 6) is -1.12. The molecule has 2 aromatic carbocycles. The summed E-state index contributed by atoms with van der Waals surface area (Å²) in [6.45, 7) is 0.866. The van der Waals surface area contributed by atoms with Crippen LogP contribution in [0.1, 0.15) is 40.0 Å². The van der Waals surface area contributed by atoms with Gasteiger partial charge in [-0.15, -0.1) is 0 Å². The molecule has 1 aliphatic heterocycles. The number of hydrazine groups is 1. The van der Waals surface area contributed by atoms with Crippen LogP contribution in [0.25, 0.3) is 0 Å². The molecular weight excluding hydrogens is 402 g/mol. The van der Waals surface area contributed by atoms with E-state index in [4.69, 9.17) is 11.6 Å². The summed E-state index contributed by atoms with van der Waals surface area (Å²) in [7, 11) is -3.79. The molecule has 2 amide bonds. The first-order chi connectivity index (χ1) is 13.4. The van der Waals surface area contributed by atoms with Gasteiger partial charge in [-0.1, -0.05) is 36.2 Å². The molecule has 0 aromatic heterocycles. The molecule has 0 bridgehead atoms. The third-order valence-corrected chi connectivity index (χ3v) is 6.83. The number of sulfonamides is 1. The largest absolute Gasteiger partial charge is 0.269 e. The van der Waals surface area contributed by atoms with Gasteiger partial charge < -0.3 is 0 Å². The topological polar surface area (TPSA) is 95.6 Å². The molecule has 9 heteroatoms. The first kappa shape index (κ1) is 20.3. The van der Waals surface area contributed by atoms with Crippen molar-refractivity contribution in [3.05, 3.63) is 64.7 Å². The van der Waals surface area contributed by atoms with Crippen molar-refractivity contribution < 1.29 is 18.0 Å². The Morgan fingerprint density at radius 2 is 1.46 bits per heavy atom. The fraction of sp³-hybridized carbons (Fsp3) is 0.263. The molecule has 0 aliphatic carbocycles. The minimum absolute atomic E-state index is 0.0513. The van der Waals surface area contributed by atoms with Crippen molar-refractivity contribution in [2.45, 2.75) is 24.2 Å². The Morgan fingerprint density at radius 3 is 2.11 bits per heavy atom. The average molecular weight is 422 g/mol. The lowest BCUT2D eigenvalue weighted by molar-refractivity contribution is 0.0846. The SMILES string of the molecule is O=C(NNC(=O)c1ccc(Cl)c(S(=O)(=O)N2CCCCC2)c1)c1ccccc1. The van der Waals surface area contributed by atoms with Gasteiger partial charge in [-0.25, -0.2) is 8.42 Å². The molecule has 3 rings (SSSR count). The number of rotatable bonds is 4. The Kier molecular flexibility index (Phi) is 6.33. The molecule has 0 saturated carbocycles. The van der Waals surface area contributed by atoms with Gasteiger partial charge in [-0.3, -0.25) is 20.4 Å². The number of carbonyl (C=O) groups is 2. The molecule has 148 valence electrons. The second-order valence-electron chi connectivity index (χ2n) is 6.38. The summed E-state index contributed by atoms with van der Waals surface area (Å²) in [6, 6.07) is 12.4. The smallest absolute Gasteiger partial charge is 0.267 e. The molecule has 0 unspecified atom stereocenters. The van der Waals surface area contributed by atoms with Gasteiger partial charge in [0.25, 0.3) is 11.8 Å². The third-order valence-electron chi connectivity index (χ3n) is 4.45. The van der Waals surface area contributed by atoms with Gasteiger partial charge in [0.05, 0.1) is 5.02 Å². The van der Waals surface area contributed by atoms with E-state index in [1.54, 1.807) is 30.3 Å². The molecule has 28 heavy (non-hydrogen) atoms. The van der Waals surface area contributed by atoms with Crippen LogP contribution in [0.15, 0.2) is 53.4 Å². The molecule has 2 aromatic rings. The average Bonchev–Trinajstić information content (AvgIpc) is 2.73. The van der Waals surface area contributed by atoms with Crippen molar-refractivity contribution >= 4 is 33.4 Å². The van der Waals surface area contributed by atoms with Crippen LogP contribution in [0.3, 0.4) is 0 Å². The Bertz CT molecular complexity index is 974. The third kappa shape index (κ3) is 4.52. The number of nitrogens with one attached hydrogen (secondary N) is 2. The summed E-state index contributed by atoms with van der Waals surface area (Å²) in [4.78, 5) is 24.3. The lowest BCUT2D eigenvalue weighted by Gasteiger charge is -2.26. The lowest BCUT2D eigenvalue weighted by atomic mass is 10.2. The highest BCUT2D eigenvalue weighted by Gasteiger charge is 2.28. The van der Waals surface area contributed by atoms with Gasteiger partial charge in [0, 0.05) is 24.2 Å². The van der Waals surface area contributed by atoms with Crippen LogP contribution in [0.2, 0.25) is 5.02 Å². The van der Waals surface area contributed by atoms with Gasteiger partial charge in [0.1, 0.15) is 4.90 Å². The molecular formula is C19H20ClN3O4S. The Morgan fingerprint density at radius 1 is 0.857 bits per heavy atom. The highest BCUT2D eigenvalue weighted by atomic mass is 35.5. The standard InChI is InChI=1S/C19H20ClN3O4S/c20-16-10-9-15(13-17(16)28(26,27)23-11-5-2-6-12-23)19(25)22-21-18(24)14-7-3-1-4-8-14/h1,3-4,7-10,13H,2,5-6,11-12H2,(H,21,24)(H,22,25). The lowest BCUT2D eigenvalue weighted by Crippen LogP contribution is -2.41. The highest BCUT2D eigenvalue weighted by molar-refractivity contribution is 7.89. The first-order valence-electron chi connectivity index (χ1n) is 8.85. The van der Waals surface area contributed by atoms with Gasteiger partial charge in [0.2, 0.25) is 10.0 Å². The van der Waals surface area contributed by atoms with Gasteiger partial charge in [-0.2, -0.15) is 4.31 Å². The Labute approximate surface area is 168 Å². The maximum Gasteiger partial charge on any atom is 0.269 e. The van der Waals surface area contributed by atoms with Crippen LogP contribution < -0.4 is 10.9 Å². The van der Waals surface area contributed by atoms with Gasteiger partial charge in [-0.05, 0) is 43.2 Å². The van der Waals surface area contributed by atoms with Crippen LogP contribution in [0.4, 0.5) is 0 Å². The first-order valence-corrected chi connectivity index (χ1v) is 10.7. The molecule has 1 fully saturated rings. The summed E-state index contributed by atoms with van der Waals surface area (Å²) < 4.78 is 27.1. The van der Waals surface area contributed by atoms with Crippen LogP contribution in [-0.2, 0) is 10.0 Å². The van der Waals surface area contributed by atoms with Gasteiger partial charge >= 0.3 is 0 Å². The van der Waals surface area contributed by atoms with Crippen molar-refractivity contribution in [2.75, 3.05) is 13.1 Å². The molecule has 0 atom stereocenters. The second kappa shape index (κ2) is 8.72. The van der Waals surface area contributed by atoms with E-state index < -0.39 is 21.8 Å². The van der Waals surface area contributed by atoms with E-state index in [1.807, 2.05) is 0 Å². The van der Waals surface area contributed by atoms with Crippen LogP contribution in [-0.4, -0.2) is 37.6 Å². The number of nitrogens with zero attached hydrogens (tertiary/aromatic N) is 1. The molecule has 1 aliphatic rings. The minimum Gasteiger partial charge on any atom is -0.267 e. The predicted molar refractivity (Wildman–Crippen MR) is 105 cm³/mol. The summed E-state index contributed by atoms with van der Waals surface area (Å²) in [6.07, 6.45) is 2.58. The number of carbonyl (C=O) groups excluding carboxylic acids is 2. The molecule has 1 heterocycles. The van der Waals surface area contributed by atoms with Crippen LogP contribution in [0, 0.1) is 0 Å². The fourth-order valence-corrected chi connectivity index (χ4v) is 4.95. The van der Waals surface area contributed by atoms with E-state index in [-0.39, 0.29) is 15.5 Å². The number of benzene rings is 2. The number of hydrogen-bond acceptors (Lipinski definition) is 4. The molecule has 0 radical (unpaired) electrons. The van der Waals surface area contributed by atoms with E-state index in [9.17, 15) is 18.0 Å². The van der Waals surface area contributed by atoms with E-state index in [2.05, 4.69) is 10.9 Å². The maximum atomic E-state index is 12.9. The Hall–Kier alpha value is -2.42. The monoisotopic (exact) mass is 421 g/mol. The van der Waals surface area contributed by atoms with Crippen LogP contribution >= 0.6 is 11.6 Å². The van der Waals surface area contributed by atoms with E-state index in [1.165, 1.54) is 22.5 Å². The molecule has 2 N–H and O–H groups in total. The van der Waals surface area contributed by atoms with E-state index in [0.717, 1.165) is 19.3 Å². The number of hydrogen-bond donors (Lipinski definition) is 2. The highest BCUT2D eigenvalue weighted by Crippen LogP contribution is 2.27. The quantitative estimate of drug-likeness (QED) is 0.741. The summed E-state index contributed by atoms with van der Waals surface area (Å²) in [5.41, 5.74) is 5.05. The number of amides is 2. The zero-order valence-electron chi connectivity index (χ0n) is 15.0. The van der Waals surface area contributed by atoms with Crippen molar-refractivity contribution in [1.82, 2.24) is 15.2 Å². The predicted octanol–water partition coefficient (Wildman–Crippen LogP) is 2.59. The number of piperidine rings is 1. The van der Waals surface area contributed by atoms with Crippen molar-refractivity contribution in [1.29, 1.82) is 0 Å². The zero-order chi connectivity index (χ0) is 20.1. The maximum absolute atomic E-state index is 12.9. The van der Waals surface area contributed by atoms with Crippen LogP contribution in [0.5, 0.6) is 0 Å². The number of halogens is 1. The molecule has 1 saturated heterocycles. The van der Waals surface area contributed by atoms with E-state index >= 15 is 0 Å². The van der Waals surface area contributed by atoms with Crippen molar-refractivity contribution in [2.24, 2.45) is 0 Å². The minimum atomic E-state index is -3.79. The molecule has 7 nitrogen and oxygen atoms in total.